The number of imidazole rings is 1. The van der Waals surface area contributed by atoms with E-state index < -0.39 is 5.97 Å². The summed E-state index contributed by atoms with van der Waals surface area (Å²) in [4.78, 5) is 14.4. The van der Waals surface area contributed by atoms with E-state index in [4.69, 9.17) is 16.7 Å². The summed E-state index contributed by atoms with van der Waals surface area (Å²) in [6, 6.07) is 3.27. The third kappa shape index (κ3) is 1.25. The first kappa shape index (κ1) is 8.07. The van der Waals surface area contributed by atoms with Crippen molar-refractivity contribution in [3.05, 3.63) is 35.4 Å². The maximum atomic E-state index is 10.6. The highest BCUT2D eigenvalue weighted by atomic mass is 35.5. The summed E-state index contributed by atoms with van der Waals surface area (Å²) in [7, 11) is 0. The van der Waals surface area contributed by atoms with Crippen LogP contribution in [0.2, 0.25) is 5.02 Å². The first-order valence-corrected chi connectivity index (χ1v) is 3.92. The third-order valence-corrected chi connectivity index (χ3v) is 1.92. The van der Waals surface area contributed by atoms with Crippen molar-refractivity contribution in [2.45, 2.75) is 0 Å². The lowest BCUT2D eigenvalue weighted by molar-refractivity contribution is 0.0683. The fourth-order valence-corrected chi connectivity index (χ4v) is 1.30. The van der Waals surface area contributed by atoms with Crippen LogP contribution in [-0.4, -0.2) is 20.5 Å². The average Bonchev–Trinajstić information content (AvgIpc) is 2.46. The summed E-state index contributed by atoms with van der Waals surface area (Å²) in [6.45, 7) is 0. The van der Waals surface area contributed by atoms with E-state index in [1.54, 1.807) is 18.3 Å². The van der Waals surface area contributed by atoms with Crippen molar-refractivity contribution in [1.82, 2.24) is 9.38 Å². The highest BCUT2D eigenvalue weighted by Gasteiger charge is 2.09. The molecule has 0 bridgehead atoms. The molecule has 2 rings (SSSR count). The van der Waals surface area contributed by atoms with Gasteiger partial charge in [0, 0.05) is 11.2 Å². The van der Waals surface area contributed by atoms with Gasteiger partial charge in [0.15, 0.2) is 0 Å². The van der Waals surface area contributed by atoms with E-state index in [2.05, 4.69) is 4.98 Å². The minimum atomic E-state index is -1.05. The van der Waals surface area contributed by atoms with Crippen LogP contribution in [0.4, 0.5) is 0 Å². The van der Waals surface area contributed by atoms with E-state index >= 15 is 0 Å². The SMILES string of the molecule is O=C(O)c1ncc2cc(Cl)ccn12. The van der Waals surface area contributed by atoms with Crippen LogP contribution in [0.25, 0.3) is 5.52 Å². The number of carbonyl (C=O) groups is 1. The smallest absolute Gasteiger partial charge is 0.372 e. The number of pyridine rings is 1. The molecule has 0 fully saturated rings. The summed E-state index contributed by atoms with van der Waals surface area (Å²) < 4.78 is 1.47. The third-order valence-electron chi connectivity index (χ3n) is 1.69. The Labute approximate surface area is 78.4 Å². The number of carboxylic acids is 1. The van der Waals surface area contributed by atoms with Crippen molar-refractivity contribution >= 4 is 23.1 Å². The highest BCUT2D eigenvalue weighted by Crippen LogP contribution is 2.13. The molecule has 0 spiro atoms. The molecular weight excluding hydrogens is 192 g/mol. The number of aromatic nitrogens is 2. The van der Waals surface area contributed by atoms with Gasteiger partial charge in [-0.25, -0.2) is 9.78 Å². The maximum absolute atomic E-state index is 10.6. The quantitative estimate of drug-likeness (QED) is 0.755. The summed E-state index contributed by atoms with van der Waals surface area (Å²) in [5.74, 6) is -1.06. The molecule has 0 saturated heterocycles. The summed E-state index contributed by atoms with van der Waals surface area (Å²) >= 11 is 5.72. The van der Waals surface area contributed by atoms with E-state index in [9.17, 15) is 4.79 Å². The lowest BCUT2D eigenvalue weighted by Crippen LogP contribution is -2.02. The van der Waals surface area contributed by atoms with Crippen molar-refractivity contribution < 1.29 is 9.90 Å². The van der Waals surface area contributed by atoms with Gasteiger partial charge in [-0.3, -0.25) is 4.40 Å². The van der Waals surface area contributed by atoms with Crippen LogP contribution in [0.3, 0.4) is 0 Å². The van der Waals surface area contributed by atoms with Gasteiger partial charge in [0.2, 0.25) is 5.82 Å². The van der Waals surface area contributed by atoms with Crippen LogP contribution in [0.1, 0.15) is 10.6 Å². The average molecular weight is 197 g/mol. The summed E-state index contributed by atoms with van der Waals surface area (Å²) in [6.07, 6.45) is 3.05. The molecule has 0 atom stereocenters. The highest BCUT2D eigenvalue weighted by molar-refractivity contribution is 6.30. The Hall–Kier alpha value is -1.55. The van der Waals surface area contributed by atoms with E-state index in [-0.39, 0.29) is 5.82 Å². The van der Waals surface area contributed by atoms with E-state index in [0.717, 1.165) is 0 Å². The number of carboxylic acid groups (broad SMARTS) is 1. The second-order valence-electron chi connectivity index (χ2n) is 2.53. The second kappa shape index (κ2) is 2.74. The molecule has 13 heavy (non-hydrogen) atoms. The summed E-state index contributed by atoms with van der Waals surface area (Å²) in [5, 5.41) is 9.28. The zero-order valence-electron chi connectivity index (χ0n) is 6.44. The molecule has 66 valence electrons. The van der Waals surface area contributed by atoms with Gasteiger partial charge < -0.3 is 5.11 Å². The van der Waals surface area contributed by atoms with Gasteiger partial charge in [0.25, 0.3) is 0 Å². The number of hydrogen-bond acceptors (Lipinski definition) is 2. The standard InChI is InChI=1S/C8H5ClN2O2/c9-5-1-2-11-6(3-5)4-10-7(11)8(12)13/h1-4H,(H,12,13). The lowest BCUT2D eigenvalue weighted by atomic mass is 10.4. The van der Waals surface area contributed by atoms with Crippen molar-refractivity contribution in [1.29, 1.82) is 0 Å². The fourth-order valence-electron chi connectivity index (χ4n) is 1.13. The van der Waals surface area contributed by atoms with Gasteiger partial charge in [-0.1, -0.05) is 11.6 Å². The minimum absolute atomic E-state index is 0.00772. The first-order chi connectivity index (χ1) is 6.18. The molecule has 0 unspecified atom stereocenters. The normalized spacial score (nSPS) is 10.5. The maximum Gasteiger partial charge on any atom is 0.372 e. The number of rotatable bonds is 1. The molecule has 0 amide bonds. The molecule has 0 aromatic carbocycles. The first-order valence-electron chi connectivity index (χ1n) is 3.54. The predicted octanol–water partition coefficient (Wildman–Crippen LogP) is 1.69. The molecule has 1 N–H and O–H groups in total. The zero-order valence-corrected chi connectivity index (χ0v) is 7.19. The molecule has 0 aliphatic carbocycles. The largest absolute Gasteiger partial charge is 0.475 e. The van der Waals surface area contributed by atoms with Crippen molar-refractivity contribution in [2.75, 3.05) is 0 Å². The number of fused-ring (bicyclic) bond motifs is 1. The van der Waals surface area contributed by atoms with Gasteiger partial charge in [-0.2, -0.15) is 0 Å². The topological polar surface area (TPSA) is 54.6 Å². The van der Waals surface area contributed by atoms with Crippen LogP contribution in [0, 0.1) is 0 Å². The zero-order chi connectivity index (χ0) is 9.42. The monoisotopic (exact) mass is 196 g/mol. The van der Waals surface area contributed by atoms with Crippen molar-refractivity contribution in [2.24, 2.45) is 0 Å². The van der Waals surface area contributed by atoms with E-state index in [0.29, 0.717) is 10.5 Å². The Morgan fingerprint density at radius 3 is 3.08 bits per heavy atom. The fraction of sp³-hybridized carbons (Fsp3) is 0. The van der Waals surface area contributed by atoms with Crippen LogP contribution in [-0.2, 0) is 0 Å². The molecule has 0 radical (unpaired) electrons. The van der Waals surface area contributed by atoms with Crippen LogP contribution >= 0.6 is 11.6 Å². The number of halogens is 1. The van der Waals surface area contributed by atoms with Gasteiger partial charge in [0.05, 0.1) is 11.7 Å². The van der Waals surface area contributed by atoms with Crippen LogP contribution in [0.5, 0.6) is 0 Å². The molecule has 4 nitrogen and oxygen atoms in total. The predicted molar refractivity (Wildman–Crippen MR) is 47.2 cm³/mol. The molecule has 2 aromatic heterocycles. The second-order valence-corrected chi connectivity index (χ2v) is 2.96. The summed E-state index contributed by atoms with van der Waals surface area (Å²) in [5.41, 5.74) is 0.671. The molecular formula is C8H5ClN2O2. The van der Waals surface area contributed by atoms with E-state index in [1.165, 1.54) is 10.6 Å². The molecule has 0 aliphatic heterocycles. The molecule has 0 saturated carbocycles. The Bertz CT molecular complexity index is 478. The van der Waals surface area contributed by atoms with Crippen LogP contribution in [0.15, 0.2) is 24.5 Å². The Balaban J connectivity index is 2.76. The number of nitrogens with zero attached hydrogens (tertiary/aromatic N) is 2. The van der Waals surface area contributed by atoms with Crippen LogP contribution < -0.4 is 0 Å². The number of hydrogen-bond donors (Lipinski definition) is 1. The van der Waals surface area contributed by atoms with E-state index in [1.807, 2.05) is 0 Å². The van der Waals surface area contributed by atoms with Gasteiger partial charge >= 0.3 is 5.97 Å². The van der Waals surface area contributed by atoms with Gasteiger partial charge in [-0.05, 0) is 12.1 Å². The Morgan fingerprint density at radius 1 is 1.62 bits per heavy atom. The Kier molecular flexibility index (Phi) is 1.70. The molecule has 5 heteroatoms. The molecule has 2 heterocycles. The van der Waals surface area contributed by atoms with Crippen molar-refractivity contribution in [3.63, 3.8) is 0 Å². The molecule has 0 aliphatic rings. The Morgan fingerprint density at radius 2 is 2.38 bits per heavy atom. The molecule has 2 aromatic rings. The van der Waals surface area contributed by atoms with Crippen molar-refractivity contribution in [3.8, 4) is 0 Å². The minimum Gasteiger partial charge on any atom is -0.475 e. The van der Waals surface area contributed by atoms with Gasteiger partial charge in [-0.15, -0.1) is 0 Å². The van der Waals surface area contributed by atoms with Gasteiger partial charge in [0.1, 0.15) is 0 Å². The number of aromatic carboxylic acids is 1. The lowest BCUT2D eigenvalue weighted by Gasteiger charge is -1.95.